The van der Waals surface area contributed by atoms with E-state index in [1.165, 1.54) is 11.8 Å². The lowest BCUT2D eigenvalue weighted by atomic mass is 10.2. The molecule has 0 aliphatic carbocycles. The number of allylic oxidation sites excluding steroid dienone is 1. The number of H-pyrrole nitrogens is 1. The molecule has 136 valence electrons. The van der Waals surface area contributed by atoms with Gasteiger partial charge in [-0.3, -0.25) is 0 Å². The number of nitriles is 1. The lowest BCUT2D eigenvalue weighted by molar-refractivity contribution is 0.297. The van der Waals surface area contributed by atoms with Gasteiger partial charge < -0.3 is 19.6 Å². The van der Waals surface area contributed by atoms with Gasteiger partial charge in [-0.1, -0.05) is 12.1 Å². The summed E-state index contributed by atoms with van der Waals surface area (Å²) in [5.74, 6) is 2.04. The van der Waals surface area contributed by atoms with Gasteiger partial charge in [-0.25, -0.2) is 4.98 Å². The number of fused-ring (bicyclic) bond motifs is 2. The van der Waals surface area contributed by atoms with Crippen LogP contribution in [0.2, 0.25) is 0 Å². The highest BCUT2D eigenvalue weighted by Gasteiger charge is 2.15. The number of benzene rings is 2. The van der Waals surface area contributed by atoms with E-state index in [1.54, 1.807) is 0 Å². The van der Waals surface area contributed by atoms with Crippen molar-refractivity contribution >= 4 is 28.4 Å². The van der Waals surface area contributed by atoms with Crippen molar-refractivity contribution in [1.29, 1.82) is 5.26 Å². The third kappa shape index (κ3) is 3.71. The molecule has 0 unspecified atom stereocenters. The maximum Gasteiger partial charge on any atom is 0.162 e. The molecule has 0 spiro atoms. The molecule has 1 aliphatic heterocycles. The minimum Gasteiger partial charge on any atom is -0.510 e. The summed E-state index contributed by atoms with van der Waals surface area (Å²) in [4.78, 5) is 8.39. The van der Waals surface area contributed by atoms with Gasteiger partial charge in [0.15, 0.2) is 17.3 Å². The van der Waals surface area contributed by atoms with Gasteiger partial charge in [-0.15, -0.1) is 11.8 Å². The number of aliphatic hydroxyl groups excluding tert-OH is 1. The second-order valence-corrected chi connectivity index (χ2v) is 7.03. The second kappa shape index (κ2) is 7.64. The molecule has 0 saturated carbocycles. The summed E-state index contributed by atoms with van der Waals surface area (Å²) < 4.78 is 11.3. The first kappa shape index (κ1) is 17.3. The number of thioether (sulfide) groups is 1. The van der Waals surface area contributed by atoms with E-state index < -0.39 is 0 Å². The number of aliphatic hydroxyl groups is 1. The molecule has 0 bridgehead atoms. The number of hydrogen-bond donors (Lipinski definition) is 2. The first-order valence-electron chi connectivity index (χ1n) is 8.54. The van der Waals surface area contributed by atoms with Crippen LogP contribution in [0.25, 0.3) is 16.6 Å². The Morgan fingerprint density at radius 3 is 2.81 bits per heavy atom. The second-order valence-electron chi connectivity index (χ2n) is 5.98. The summed E-state index contributed by atoms with van der Waals surface area (Å²) in [6.07, 6.45) is 0.851. The number of aromatic amines is 1. The maximum absolute atomic E-state index is 10.5. The van der Waals surface area contributed by atoms with Crippen molar-refractivity contribution in [2.24, 2.45) is 0 Å². The number of nitrogens with zero attached hydrogens (tertiary/aromatic N) is 2. The largest absolute Gasteiger partial charge is 0.510 e. The van der Waals surface area contributed by atoms with Crippen LogP contribution in [0, 0.1) is 11.3 Å². The first-order chi connectivity index (χ1) is 13.2. The number of para-hydroxylation sites is 2. The van der Waals surface area contributed by atoms with E-state index in [1.807, 2.05) is 42.5 Å². The van der Waals surface area contributed by atoms with E-state index in [-0.39, 0.29) is 17.1 Å². The topological polar surface area (TPSA) is 91.2 Å². The van der Waals surface area contributed by atoms with Gasteiger partial charge in [-0.2, -0.15) is 5.26 Å². The third-order valence-corrected chi connectivity index (χ3v) is 5.13. The fourth-order valence-electron chi connectivity index (χ4n) is 2.78. The molecule has 7 heteroatoms. The summed E-state index contributed by atoms with van der Waals surface area (Å²) in [5.41, 5.74) is 1.72. The van der Waals surface area contributed by atoms with Gasteiger partial charge in [0.25, 0.3) is 0 Å². The highest BCUT2D eigenvalue weighted by Crippen LogP contribution is 2.34. The number of imidazole rings is 1. The van der Waals surface area contributed by atoms with Crippen molar-refractivity contribution in [3.8, 4) is 17.6 Å². The molecule has 0 fully saturated rings. The molecule has 27 heavy (non-hydrogen) atoms. The standard InChI is InChI=1S/C20H17N3O3S/c21-11-14(20-22-15-4-1-2-5-16(15)23-20)17(24)12-27-13-6-7-18-19(10-13)26-9-3-8-25-18/h1-2,4-7,10,24H,3,8-9,12H2,(H,22,23)/b17-14-. The SMILES string of the molecule is N#C/C(=C(/O)CSc1ccc2c(c1)OCCCO2)c1nc2ccccc2[nH]1. The van der Waals surface area contributed by atoms with E-state index in [4.69, 9.17) is 9.47 Å². The molecule has 2 heterocycles. The van der Waals surface area contributed by atoms with E-state index >= 15 is 0 Å². The number of aromatic nitrogens is 2. The Kier molecular flexibility index (Phi) is 4.90. The van der Waals surface area contributed by atoms with Crippen LogP contribution in [-0.4, -0.2) is 34.0 Å². The normalized spacial score (nSPS) is 14.3. The zero-order valence-electron chi connectivity index (χ0n) is 14.4. The van der Waals surface area contributed by atoms with Crippen molar-refractivity contribution in [2.75, 3.05) is 19.0 Å². The molecule has 4 rings (SSSR count). The van der Waals surface area contributed by atoms with Crippen LogP contribution in [0.5, 0.6) is 11.5 Å². The Labute approximate surface area is 160 Å². The number of nitrogens with one attached hydrogen (secondary N) is 1. The average Bonchev–Trinajstić information content (AvgIpc) is 2.97. The summed E-state index contributed by atoms with van der Waals surface area (Å²) in [7, 11) is 0. The summed E-state index contributed by atoms with van der Waals surface area (Å²) >= 11 is 1.42. The molecule has 0 amide bonds. The van der Waals surface area contributed by atoms with Crippen molar-refractivity contribution in [3.63, 3.8) is 0 Å². The van der Waals surface area contributed by atoms with Crippen LogP contribution >= 0.6 is 11.8 Å². The molecule has 0 saturated heterocycles. The number of ether oxygens (including phenoxy) is 2. The van der Waals surface area contributed by atoms with Crippen molar-refractivity contribution in [1.82, 2.24) is 9.97 Å². The molecule has 1 aromatic heterocycles. The Morgan fingerprint density at radius 2 is 2.00 bits per heavy atom. The minimum atomic E-state index is -0.0198. The minimum absolute atomic E-state index is 0.0198. The molecular formula is C20H17N3O3S. The van der Waals surface area contributed by atoms with Crippen LogP contribution in [0.4, 0.5) is 0 Å². The van der Waals surface area contributed by atoms with Gasteiger partial charge in [0, 0.05) is 11.3 Å². The fraction of sp³-hybridized carbons (Fsp3) is 0.200. The Balaban J connectivity index is 1.54. The van der Waals surface area contributed by atoms with Crippen LogP contribution in [0.15, 0.2) is 53.1 Å². The highest BCUT2D eigenvalue weighted by molar-refractivity contribution is 7.99. The van der Waals surface area contributed by atoms with Crippen molar-refractivity contribution in [3.05, 3.63) is 54.0 Å². The Hall–Kier alpha value is -3.11. The third-order valence-electron chi connectivity index (χ3n) is 4.12. The predicted octanol–water partition coefficient (Wildman–Crippen LogP) is 4.31. The molecule has 0 atom stereocenters. The smallest absolute Gasteiger partial charge is 0.162 e. The van der Waals surface area contributed by atoms with Crippen molar-refractivity contribution < 1.29 is 14.6 Å². The van der Waals surface area contributed by atoms with Gasteiger partial charge in [0.05, 0.1) is 30.0 Å². The monoisotopic (exact) mass is 379 g/mol. The van der Waals surface area contributed by atoms with E-state index in [0.29, 0.717) is 24.8 Å². The summed E-state index contributed by atoms with van der Waals surface area (Å²) in [6, 6.07) is 15.2. The van der Waals surface area contributed by atoms with Crippen LogP contribution in [0.1, 0.15) is 12.2 Å². The average molecular weight is 379 g/mol. The lowest BCUT2D eigenvalue weighted by Crippen LogP contribution is -1.97. The predicted molar refractivity (Wildman–Crippen MR) is 104 cm³/mol. The van der Waals surface area contributed by atoms with Crippen molar-refractivity contribution in [2.45, 2.75) is 11.3 Å². The molecule has 2 N–H and O–H groups in total. The van der Waals surface area contributed by atoms with Gasteiger partial charge >= 0.3 is 0 Å². The van der Waals surface area contributed by atoms with E-state index in [2.05, 4.69) is 16.0 Å². The van der Waals surface area contributed by atoms with Gasteiger partial charge in [0.2, 0.25) is 0 Å². The molecule has 3 aromatic rings. The van der Waals surface area contributed by atoms with E-state index in [0.717, 1.165) is 28.1 Å². The number of rotatable bonds is 4. The zero-order valence-corrected chi connectivity index (χ0v) is 15.3. The molecule has 6 nitrogen and oxygen atoms in total. The highest BCUT2D eigenvalue weighted by atomic mass is 32.2. The summed E-state index contributed by atoms with van der Waals surface area (Å²) in [6.45, 7) is 1.27. The van der Waals surface area contributed by atoms with Crippen LogP contribution in [0.3, 0.4) is 0 Å². The van der Waals surface area contributed by atoms with Crippen LogP contribution in [-0.2, 0) is 0 Å². The quantitative estimate of drug-likeness (QED) is 0.399. The molecular weight excluding hydrogens is 362 g/mol. The van der Waals surface area contributed by atoms with Gasteiger partial charge in [-0.05, 0) is 30.3 Å². The van der Waals surface area contributed by atoms with Gasteiger partial charge in [0.1, 0.15) is 17.4 Å². The van der Waals surface area contributed by atoms with Crippen LogP contribution < -0.4 is 9.47 Å². The van der Waals surface area contributed by atoms with E-state index in [9.17, 15) is 10.4 Å². The lowest BCUT2D eigenvalue weighted by Gasteiger charge is -2.09. The number of hydrogen-bond acceptors (Lipinski definition) is 6. The molecule has 0 radical (unpaired) electrons. The maximum atomic E-state index is 10.5. The summed E-state index contributed by atoms with van der Waals surface area (Å²) in [5, 5.41) is 19.9. The fourth-order valence-corrected chi connectivity index (χ4v) is 3.58. The first-order valence-corrected chi connectivity index (χ1v) is 9.53. The molecule has 1 aliphatic rings. The zero-order chi connectivity index (χ0) is 18.6. The Bertz CT molecular complexity index is 1020. The molecule has 2 aromatic carbocycles. The Morgan fingerprint density at radius 1 is 1.19 bits per heavy atom.